The van der Waals surface area contributed by atoms with Gasteiger partial charge in [0, 0.05) is 29.9 Å². The summed E-state index contributed by atoms with van der Waals surface area (Å²) < 4.78 is 26.6. The average molecular weight is 366 g/mol. The van der Waals surface area contributed by atoms with Crippen LogP contribution in [-0.4, -0.2) is 18.9 Å². The molecule has 0 fully saturated rings. The van der Waals surface area contributed by atoms with Crippen molar-refractivity contribution in [2.75, 3.05) is 17.3 Å². The molecule has 0 aliphatic rings. The number of nitrogens with one attached hydrogen (secondary N) is 1. The van der Waals surface area contributed by atoms with Crippen LogP contribution in [0, 0.1) is 11.6 Å². The van der Waals surface area contributed by atoms with Gasteiger partial charge in [-0.2, -0.15) is 0 Å². The predicted molar refractivity (Wildman–Crippen MR) is 99.9 cm³/mol. The van der Waals surface area contributed by atoms with Gasteiger partial charge in [0.05, 0.1) is 5.69 Å². The van der Waals surface area contributed by atoms with E-state index in [1.807, 2.05) is 30.3 Å². The van der Waals surface area contributed by atoms with Crippen molar-refractivity contribution in [1.82, 2.24) is 0 Å². The molecule has 0 radical (unpaired) electrons. The van der Waals surface area contributed by atoms with E-state index in [4.69, 9.17) is 0 Å². The zero-order chi connectivity index (χ0) is 19.4. The molecule has 0 aliphatic carbocycles. The molecule has 0 spiro atoms. The van der Waals surface area contributed by atoms with Gasteiger partial charge in [-0.15, -0.1) is 0 Å². The van der Waals surface area contributed by atoms with Crippen molar-refractivity contribution in [3.05, 3.63) is 95.6 Å². The van der Waals surface area contributed by atoms with Gasteiger partial charge in [-0.25, -0.2) is 8.78 Å². The Kier molecular flexibility index (Phi) is 5.26. The molecule has 0 saturated carbocycles. The summed E-state index contributed by atoms with van der Waals surface area (Å²) in [6, 6.07) is 18.1. The van der Waals surface area contributed by atoms with Crippen molar-refractivity contribution in [3.63, 3.8) is 0 Å². The first kappa shape index (κ1) is 18.3. The molecule has 3 rings (SSSR count). The highest BCUT2D eigenvalue weighted by atomic mass is 19.1. The van der Waals surface area contributed by atoms with Crippen LogP contribution < -0.4 is 10.2 Å². The molecule has 0 aliphatic heterocycles. The Labute approximate surface area is 155 Å². The van der Waals surface area contributed by atoms with E-state index >= 15 is 0 Å². The molecule has 0 unspecified atom stereocenters. The molecule has 4 nitrogen and oxygen atoms in total. The van der Waals surface area contributed by atoms with Crippen LogP contribution in [-0.2, 0) is 0 Å². The van der Waals surface area contributed by atoms with Crippen molar-refractivity contribution in [2.45, 2.75) is 0 Å². The van der Waals surface area contributed by atoms with E-state index in [9.17, 15) is 18.4 Å². The Hall–Kier alpha value is -3.54. The second kappa shape index (κ2) is 7.78. The van der Waals surface area contributed by atoms with Crippen LogP contribution in [0.25, 0.3) is 0 Å². The monoisotopic (exact) mass is 366 g/mol. The van der Waals surface area contributed by atoms with E-state index in [2.05, 4.69) is 5.32 Å². The molecule has 0 saturated heterocycles. The zero-order valence-corrected chi connectivity index (χ0v) is 14.4. The largest absolute Gasteiger partial charge is 0.319 e. The number of carbonyl (C=O) groups is 2. The van der Waals surface area contributed by atoms with Gasteiger partial charge in [0.25, 0.3) is 11.8 Å². The third-order valence-corrected chi connectivity index (χ3v) is 4.02. The smallest absolute Gasteiger partial charge is 0.258 e. The molecule has 136 valence electrons. The van der Waals surface area contributed by atoms with Crippen LogP contribution in [0.1, 0.15) is 20.7 Å². The van der Waals surface area contributed by atoms with E-state index in [1.165, 1.54) is 29.2 Å². The summed E-state index contributed by atoms with van der Waals surface area (Å²) in [5.74, 6) is -2.37. The number of nitrogens with zero attached hydrogens (tertiary/aromatic N) is 1. The molecule has 1 N–H and O–H groups in total. The third kappa shape index (κ3) is 4.17. The molecule has 6 heteroatoms. The Balaban J connectivity index is 1.72. The fourth-order valence-corrected chi connectivity index (χ4v) is 2.51. The average Bonchev–Trinajstić information content (AvgIpc) is 2.69. The highest BCUT2D eigenvalue weighted by Crippen LogP contribution is 2.18. The predicted octanol–water partition coefficient (Wildman–Crippen LogP) is 4.49. The van der Waals surface area contributed by atoms with Crippen LogP contribution in [0.3, 0.4) is 0 Å². The van der Waals surface area contributed by atoms with Crippen LogP contribution in [0.2, 0.25) is 0 Å². The van der Waals surface area contributed by atoms with Gasteiger partial charge in [0.15, 0.2) is 0 Å². The topological polar surface area (TPSA) is 49.4 Å². The summed E-state index contributed by atoms with van der Waals surface area (Å²) >= 11 is 0. The van der Waals surface area contributed by atoms with E-state index in [0.717, 1.165) is 17.8 Å². The molecular formula is C21H16F2N2O2. The quantitative estimate of drug-likeness (QED) is 0.739. The third-order valence-electron chi connectivity index (χ3n) is 4.02. The minimum atomic E-state index is -0.861. The van der Waals surface area contributed by atoms with E-state index in [-0.39, 0.29) is 17.2 Å². The Morgan fingerprint density at radius 2 is 1.48 bits per heavy atom. The number of anilines is 2. The highest BCUT2D eigenvalue weighted by molar-refractivity contribution is 6.08. The number of rotatable bonds is 4. The lowest BCUT2D eigenvalue weighted by Crippen LogP contribution is -2.26. The van der Waals surface area contributed by atoms with E-state index < -0.39 is 17.5 Å². The van der Waals surface area contributed by atoms with Crippen LogP contribution in [0.5, 0.6) is 0 Å². The van der Waals surface area contributed by atoms with Crippen molar-refractivity contribution < 1.29 is 18.4 Å². The summed E-state index contributed by atoms with van der Waals surface area (Å²) in [6.07, 6.45) is 0. The van der Waals surface area contributed by atoms with E-state index in [0.29, 0.717) is 11.6 Å². The first-order chi connectivity index (χ1) is 13.0. The Morgan fingerprint density at radius 1 is 0.852 bits per heavy atom. The number of hydrogen-bond donors (Lipinski definition) is 1. The molecule has 0 atom stereocenters. The second-order valence-corrected chi connectivity index (χ2v) is 5.86. The van der Waals surface area contributed by atoms with Crippen molar-refractivity contribution in [3.8, 4) is 0 Å². The molecule has 0 aromatic heterocycles. The van der Waals surface area contributed by atoms with Gasteiger partial charge >= 0.3 is 0 Å². The maximum atomic E-state index is 13.6. The lowest BCUT2D eigenvalue weighted by molar-refractivity contribution is 0.0989. The molecule has 0 bridgehead atoms. The summed E-state index contributed by atoms with van der Waals surface area (Å²) in [6.45, 7) is 0. The van der Waals surface area contributed by atoms with Crippen molar-refractivity contribution in [2.24, 2.45) is 0 Å². The number of amides is 2. The SMILES string of the molecule is CN(C(=O)c1ccc(C(=O)Nc2ccc(F)cc2F)cc1)c1ccccc1. The number of benzene rings is 3. The maximum Gasteiger partial charge on any atom is 0.258 e. The summed E-state index contributed by atoms with van der Waals surface area (Å²) in [5.41, 5.74) is 1.28. The number of hydrogen-bond acceptors (Lipinski definition) is 2. The molecule has 3 aromatic rings. The van der Waals surface area contributed by atoms with Gasteiger partial charge < -0.3 is 10.2 Å². The van der Waals surface area contributed by atoms with E-state index in [1.54, 1.807) is 7.05 Å². The maximum absolute atomic E-state index is 13.6. The summed E-state index contributed by atoms with van der Waals surface area (Å²) in [7, 11) is 1.66. The molecule has 27 heavy (non-hydrogen) atoms. The minimum absolute atomic E-state index is 0.120. The Morgan fingerprint density at radius 3 is 2.11 bits per heavy atom. The normalized spacial score (nSPS) is 10.3. The first-order valence-electron chi connectivity index (χ1n) is 8.15. The minimum Gasteiger partial charge on any atom is -0.319 e. The molecule has 3 aromatic carbocycles. The zero-order valence-electron chi connectivity index (χ0n) is 14.4. The van der Waals surface area contributed by atoms with Gasteiger partial charge in [-0.1, -0.05) is 18.2 Å². The summed E-state index contributed by atoms with van der Waals surface area (Å²) in [4.78, 5) is 26.3. The summed E-state index contributed by atoms with van der Waals surface area (Å²) in [5, 5.41) is 2.38. The van der Waals surface area contributed by atoms with Crippen LogP contribution in [0.4, 0.5) is 20.2 Å². The Bertz CT molecular complexity index is 973. The molecular weight excluding hydrogens is 350 g/mol. The van der Waals surface area contributed by atoms with Crippen molar-refractivity contribution >= 4 is 23.2 Å². The fraction of sp³-hybridized carbons (Fsp3) is 0.0476. The number of carbonyl (C=O) groups excluding carboxylic acids is 2. The van der Waals surface area contributed by atoms with Crippen molar-refractivity contribution in [1.29, 1.82) is 0 Å². The van der Waals surface area contributed by atoms with Gasteiger partial charge in [-0.3, -0.25) is 9.59 Å². The highest BCUT2D eigenvalue weighted by Gasteiger charge is 2.15. The first-order valence-corrected chi connectivity index (χ1v) is 8.15. The molecule has 0 heterocycles. The lowest BCUT2D eigenvalue weighted by atomic mass is 10.1. The lowest BCUT2D eigenvalue weighted by Gasteiger charge is -2.17. The molecule has 2 amide bonds. The van der Waals surface area contributed by atoms with Gasteiger partial charge in [0.2, 0.25) is 0 Å². The number of halogens is 2. The van der Waals surface area contributed by atoms with Crippen LogP contribution >= 0.6 is 0 Å². The fourth-order valence-electron chi connectivity index (χ4n) is 2.51. The number of para-hydroxylation sites is 1. The standard InChI is InChI=1S/C21H16F2N2O2/c1-25(17-5-3-2-4-6-17)21(27)15-9-7-14(8-10-15)20(26)24-19-12-11-16(22)13-18(19)23/h2-13H,1H3,(H,24,26). The van der Waals surface area contributed by atoms with Gasteiger partial charge in [0.1, 0.15) is 11.6 Å². The van der Waals surface area contributed by atoms with Crippen LogP contribution in [0.15, 0.2) is 72.8 Å². The van der Waals surface area contributed by atoms with Gasteiger partial charge in [-0.05, 0) is 48.5 Å². The second-order valence-electron chi connectivity index (χ2n) is 5.86.